The topological polar surface area (TPSA) is 64.0 Å². The summed E-state index contributed by atoms with van der Waals surface area (Å²) >= 11 is 0. The molecule has 0 spiro atoms. The van der Waals surface area contributed by atoms with E-state index in [2.05, 4.69) is 32.7 Å². The van der Waals surface area contributed by atoms with Crippen LogP contribution in [0.4, 0.5) is 16.0 Å². The van der Waals surface area contributed by atoms with Crippen LogP contribution in [0, 0.1) is 19.7 Å². The molecule has 0 bridgehead atoms. The number of anilines is 2. The van der Waals surface area contributed by atoms with Crippen molar-refractivity contribution in [3.63, 3.8) is 0 Å². The summed E-state index contributed by atoms with van der Waals surface area (Å²) in [5, 5.41) is 6.57. The third-order valence-corrected chi connectivity index (χ3v) is 5.13. The molecule has 32 heavy (non-hydrogen) atoms. The van der Waals surface area contributed by atoms with Gasteiger partial charge in [0.05, 0.1) is 13.3 Å². The predicted octanol–water partition coefficient (Wildman–Crippen LogP) is 5.07. The van der Waals surface area contributed by atoms with E-state index >= 15 is 0 Å². The number of nitrogens with one attached hydrogen (secondary N) is 2. The summed E-state index contributed by atoms with van der Waals surface area (Å²) in [6.07, 6.45) is 4.96. The molecule has 0 atom stereocenters. The molecule has 7 heteroatoms. The fourth-order valence-electron chi connectivity index (χ4n) is 3.51. The first kappa shape index (κ1) is 21.5. The molecule has 0 saturated carbocycles. The maximum Gasteiger partial charge on any atom is 0.229 e. The third kappa shape index (κ3) is 5.12. The van der Waals surface area contributed by atoms with Gasteiger partial charge in [0.15, 0.2) is 11.6 Å². The number of halogens is 1. The minimum atomic E-state index is -0.490. The zero-order chi connectivity index (χ0) is 22.5. The summed E-state index contributed by atoms with van der Waals surface area (Å²) < 4.78 is 21.6. The van der Waals surface area contributed by atoms with E-state index in [1.807, 2.05) is 62.6 Å². The van der Waals surface area contributed by atoms with E-state index in [1.54, 1.807) is 11.7 Å². The van der Waals surface area contributed by atoms with Crippen molar-refractivity contribution in [1.82, 2.24) is 19.9 Å². The van der Waals surface area contributed by atoms with Crippen LogP contribution in [0.5, 0.6) is 5.75 Å². The maximum absolute atomic E-state index is 14.6. The molecule has 6 nitrogen and oxygen atoms in total. The quantitative estimate of drug-likeness (QED) is 0.408. The molecule has 0 unspecified atom stereocenters. The lowest BCUT2D eigenvalue weighted by molar-refractivity contribution is 0.414. The zero-order valence-electron chi connectivity index (χ0n) is 18.4. The normalized spacial score (nSPS) is 10.9. The van der Waals surface area contributed by atoms with Crippen LogP contribution in [-0.4, -0.2) is 21.6 Å². The molecule has 0 amide bonds. The second kappa shape index (κ2) is 9.62. The Morgan fingerprint density at radius 1 is 1.03 bits per heavy atom. The Bertz CT molecular complexity index is 1210. The smallest absolute Gasteiger partial charge is 0.229 e. The fraction of sp³-hybridized carbons (Fsp3) is 0.200. The minimum Gasteiger partial charge on any atom is -0.497 e. The monoisotopic (exact) mass is 431 g/mol. The van der Waals surface area contributed by atoms with E-state index in [9.17, 15) is 4.39 Å². The number of nitrogens with zero attached hydrogens (tertiary/aromatic N) is 3. The largest absolute Gasteiger partial charge is 0.497 e. The van der Waals surface area contributed by atoms with E-state index in [4.69, 9.17) is 4.74 Å². The number of aromatic nitrogens is 3. The van der Waals surface area contributed by atoms with Crippen molar-refractivity contribution in [2.45, 2.75) is 26.9 Å². The molecule has 0 aliphatic heterocycles. The minimum absolute atomic E-state index is 0.194. The lowest BCUT2D eigenvalue weighted by Gasteiger charge is -2.10. The van der Waals surface area contributed by atoms with Crippen molar-refractivity contribution < 1.29 is 9.13 Å². The molecule has 2 aromatic carbocycles. The van der Waals surface area contributed by atoms with Crippen molar-refractivity contribution in [3.05, 3.63) is 95.2 Å². The molecule has 2 heterocycles. The molecule has 0 aliphatic carbocycles. The first-order valence-corrected chi connectivity index (χ1v) is 10.4. The van der Waals surface area contributed by atoms with Gasteiger partial charge in [-0.15, -0.1) is 0 Å². The van der Waals surface area contributed by atoms with Crippen LogP contribution in [0.15, 0.2) is 67.1 Å². The summed E-state index contributed by atoms with van der Waals surface area (Å²) in [6.45, 7) is 5.42. The van der Waals surface area contributed by atoms with Crippen LogP contribution in [-0.2, 0) is 13.1 Å². The number of hydrogen-bond donors (Lipinski definition) is 2. The number of ether oxygens (including phenoxy) is 1. The number of hydrogen-bond acceptors (Lipinski definition) is 5. The Labute approximate surface area is 187 Å². The molecular formula is C25H26FN5O. The summed E-state index contributed by atoms with van der Waals surface area (Å²) in [7, 11) is 1.62. The van der Waals surface area contributed by atoms with E-state index in [-0.39, 0.29) is 5.82 Å². The van der Waals surface area contributed by atoms with Crippen LogP contribution in [0.3, 0.4) is 0 Å². The Balaban J connectivity index is 1.51. The van der Waals surface area contributed by atoms with Gasteiger partial charge in [0.1, 0.15) is 5.75 Å². The average Bonchev–Trinajstić information content (AvgIpc) is 3.15. The highest BCUT2D eigenvalue weighted by atomic mass is 19.1. The van der Waals surface area contributed by atoms with Gasteiger partial charge in [-0.1, -0.05) is 30.3 Å². The van der Waals surface area contributed by atoms with E-state index in [0.29, 0.717) is 12.5 Å². The summed E-state index contributed by atoms with van der Waals surface area (Å²) in [4.78, 5) is 8.50. The second-order valence-electron chi connectivity index (χ2n) is 7.69. The average molecular weight is 432 g/mol. The lowest BCUT2D eigenvalue weighted by atomic mass is 10.2. The standard InChI is InChI=1S/C25H26FN5O/c1-17-9-21(11-22(10-17)32-3)29-25-28-14-23(26)24(30-25)31-15-18(2)20(16-31)13-27-12-19-7-5-4-6-8-19/h4-11,14-16,27H,12-13H2,1-3H3,(H,28,29,30). The first-order chi connectivity index (χ1) is 15.5. The van der Waals surface area contributed by atoms with Crippen LogP contribution < -0.4 is 15.4 Å². The highest BCUT2D eigenvalue weighted by molar-refractivity contribution is 5.58. The van der Waals surface area contributed by atoms with Gasteiger partial charge in [0, 0.05) is 37.2 Å². The molecule has 2 N–H and O–H groups in total. The molecule has 4 rings (SSSR count). The fourth-order valence-corrected chi connectivity index (χ4v) is 3.51. The van der Waals surface area contributed by atoms with Gasteiger partial charge in [-0.05, 0) is 48.2 Å². The first-order valence-electron chi connectivity index (χ1n) is 10.4. The Kier molecular flexibility index (Phi) is 6.47. The highest BCUT2D eigenvalue weighted by Gasteiger charge is 2.12. The van der Waals surface area contributed by atoms with Crippen molar-refractivity contribution >= 4 is 11.6 Å². The molecule has 2 aromatic heterocycles. The summed E-state index contributed by atoms with van der Waals surface area (Å²) in [6, 6.07) is 15.9. The highest BCUT2D eigenvalue weighted by Crippen LogP contribution is 2.23. The van der Waals surface area contributed by atoms with Gasteiger partial charge >= 0.3 is 0 Å². The number of benzene rings is 2. The van der Waals surface area contributed by atoms with Crippen molar-refractivity contribution in [1.29, 1.82) is 0 Å². The second-order valence-corrected chi connectivity index (χ2v) is 7.69. The molecule has 0 fully saturated rings. The van der Waals surface area contributed by atoms with Gasteiger partial charge in [-0.2, -0.15) is 4.98 Å². The van der Waals surface area contributed by atoms with Gasteiger partial charge < -0.3 is 19.9 Å². The van der Waals surface area contributed by atoms with Crippen LogP contribution in [0.25, 0.3) is 5.82 Å². The van der Waals surface area contributed by atoms with Crippen LogP contribution >= 0.6 is 0 Å². The lowest BCUT2D eigenvalue weighted by Crippen LogP contribution is -2.12. The molecule has 0 aliphatic rings. The SMILES string of the molecule is COc1cc(C)cc(Nc2ncc(F)c(-n3cc(C)c(CNCc4ccccc4)c3)n2)c1. The molecule has 0 radical (unpaired) electrons. The van der Waals surface area contributed by atoms with E-state index < -0.39 is 5.82 Å². The zero-order valence-corrected chi connectivity index (χ0v) is 18.4. The molecule has 0 saturated heterocycles. The van der Waals surface area contributed by atoms with Gasteiger partial charge in [-0.25, -0.2) is 9.37 Å². The van der Waals surface area contributed by atoms with Crippen molar-refractivity contribution in [2.24, 2.45) is 0 Å². The van der Waals surface area contributed by atoms with Crippen molar-refractivity contribution in [2.75, 3.05) is 12.4 Å². The van der Waals surface area contributed by atoms with Crippen LogP contribution in [0.2, 0.25) is 0 Å². The molecule has 4 aromatic rings. The van der Waals surface area contributed by atoms with Gasteiger partial charge in [0.2, 0.25) is 5.95 Å². The molecular weight excluding hydrogens is 405 g/mol. The Morgan fingerprint density at radius 3 is 2.62 bits per heavy atom. The third-order valence-electron chi connectivity index (χ3n) is 5.13. The number of rotatable bonds is 8. The van der Waals surface area contributed by atoms with Gasteiger partial charge in [0.25, 0.3) is 0 Å². The summed E-state index contributed by atoms with van der Waals surface area (Å²) in [5.41, 5.74) is 5.16. The van der Waals surface area contributed by atoms with Crippen molar-refractivity contribution in [3.8, 4) is 11.6 Å². The van der Waals surface area contributed by atoms with E-state index in [0.717, 1.165) is 34.7 Å². The molecule has 164 valence electrons. The van der Waals surface area contributed by atoms with Gasteiger partial charge in [-0.3, -0.25) is 0 Å². The Morgan fingerprint density at radius 2 is 1.84 bits per heavy atom. The summed E-state index contributed by atoms with van der Waals surface area (Å²) in [5.74, 6) is 0.739. The number of aryl methyl sites for hydroxylation is 2. The van der Waals surface area contributed by atoms with E-state index in [1.165, 1.54) is 11.8 Å². The Hall–Kier alpha value is -3.71. The number of methoxy groups -OCH3 is 1. The maximum atomic E-state index is 14.6. The van der Waals surface area contributed by atoms with Crippen LogP contribution in [0.1, 0.15) is 22.3 Å². The predicted molar refractivity (Wildman–Crippen MR) is 124 cm³/mol.